The fourth-order valence-electron chi connectivity index (χ4n) is 2.99. The second kappa shape index (κ2) is 5.90. The molecule has 3 rings (SSSR count). The van der Waals surface area contributed by atoms with Crippen LogP contribution in [0.15, 0.2) is 22.7 Å². The van der Waals surface area contributed by atoms with Crippen LogP contribution in [0.25, 0.3) is 11.0 Å². The van der Waals surface area contributed by atoms with Crippen molar-refractivity contribution in [2.45, 2.75) is 38.6 Å². The molecule has 21 heavy (non-hydrogen) atoms. The van der Waals surface area contributed by atoms with Crippen LogP contribution in [-0.4, -0.2) is 22.8 Å². The summed E-state index contributed by atoms with van der Waals surface area (Å²) in [5, 5.41) is -0.0976. The van der Waals surface area contributed by atoms with Gasteiger partial charge in [0.05, 0.1) is 16.4 Å². The van der Waals surface area contributed by atoms with E-state index in [9.17, 15) is 0 Å². The fraction of sp³-hybridized carbons (Fsp3) is 0.562. The number of fused-ring (bicyclic) bond motifs is 1. The Morgan fingerprint density at radius 2 is 2.14 bits per heavy atom. The summed E-state index contributed by atoms with van der Waals surface area (Å²) in [6, 6.07) is 6.21. The van der Waals surface area contributed by atoms with E-state index in [1.54, 1.807) is 0 Å². The average molecular weight is 372 g/mol. The van der Waals surface area contributed by atoms with Gasteiger partial charge in [-0.2, -0.15) is 0 Å². The van der Waals surface area contributed by atoms with E-state index in [4.69, 9.17) is 21.3 Å². The lowest BCUT2D eigenvalue weighted by Gasteiger charge is -2.34. The first kappa shape index (κ1) is 15.3. The summed E-state index contributed by atoms with van der Waals surface area (Å²) in [4.78, 5) is 4.73. The van der Waals surface area contributed by atoms with Crippen molar-refractivity contribution in [3.05, 3.63) is 28.5 Å². The minimum atomic E-state index is -0.0976. The topological polar surface area (TPSA) is 27.1 Å². The SMILES string of the molecule is CC(Cl)c1nc2ccc(Br)cc2n1CC1(C)CCOCC1. The Kier molecular flexibility index (Phi) is 4.30. The highest BCUT2D eigenvalue weighted by Crippen LogP contribution is 2.35. The lowest BCUT2D eigenvalue weighted by Crippen LogP contribution is -2.31. The minimum absolute atomic E-state index is 0.0976. The first-order valence-electron chi connectivity index (χ1n) is 7.36. The molecule has 2 aromatic rings. The Balaban J connectivity index is 2.06. The van der Waals surface area contributed by atoms with Crippen LogP contribution < -0.4 is 0 Å². The van der Waals surface area contributed by atoms with Crippen molar-refractivity contribution < 1.29 is 4.74 Å². The Morgan fingerprint density at radius 1 is 1.43 bits per heavy atom. The maximum atomic E-state index is 6.36. The van der Waals surface area contributed by atoms with Crippen LogP contribution in [0.1, 0.15) is 37.9 Å². The molecule has 0 radical (unpaired) electrons. The van der Waals surface area contributed by atoms with Crippen LogP contribution in [-0.2, 0) is 11.3 Å². The molecule has 1 aliphatic rings. The van der Waals surface area contributed by atoms with E-state index in [0.717, 1.165) is 53.9 Å². The summed E-state index contributed by atoms with van der Waals surface area (Å²) in [7, 11) is 0. The molecule has 5 heteroatoms. The lowest BCUT2D eigenvalue weighted by molar-refractivity contribution is 0.0157. The average Bonchev–Trinajstić information content (AvgIpc) is 2.77. The maximum absolute atomic E-state index is 6.36. The molecular formula is C16H20BrClN2O. The number of hydrogen-bond acceptors (Lipinski definition) is 2. The van der Waals surface area contributed by atoms with Gasteiger partial charge in [-0.25, -0.2) is 4.98 Å². The van der Waals surface area contributed by atoms with Gasteiger partial charge in [0.1, 0.15) is 5.82 Å². The lowest BCUT2D eigenvalue weighted by atomic mass is 9.82. The Morgan fingerprint density at radius 3 is 2.81 bits per heavy atom. The zero-order valence-corrected chi connectivity index (χ0v) is 14.7. The Bertz CT molecular complexity index is 647. The number of aromatic nitrogens is 2. The number of rotatable bonds is 3. The van der Waals surface area contributed by atoms with Gasteiger partial charge >= 0.3 is 0 Å². The molecular weight excluding hydrogens is 352 g/mol. The quantitative estimate of drug-likeness (QED) is 0.716. The molecule has 0 amide bonds. The summed E-state index contributed by atoms with van der Waals surface area (Å²) < 4.78 is 8.88. The molecule has 0 saturated carbocycles. The third-order valence-electron chi connectivity index (χ3n) is 4.34. The fourth-order valence-corrected chi connectivity index (χ4v) is 3.50. The molecule has 1 aromatic carbocycles. The largest absolute Gasteiger partial charge is 0.381 e. The van der Waals surface area contributed by atoms with Gasteiger partial charge in [-0.3, -0.25) is 0 Å². The van der Waals surface area contributed by atoms with Gasteiger partial charge < -0.3 is 9.30 Å². The number of alkyl halides is 1. The standard InChI is InChI=1S/C16H20BrClN2O/c1-11(18)15-19-13-4-3-12(17)9-14(13)20(15)10-16(2)5-7-21-8-6-16/h3-4,9,11H,5-8,10H2,1-2H3. The zero-order valence-electron chi connectivity index (χ0n) is 12.4. The maximum Gasteiger partial charge on any atom is 0.127 e. The van der Waals surface area contributed by atoms with Crippen molar-refractivity contribution in [2.75, 3.05) is 13.2 Å². The monoisotopic (exact) mass is 370 g/mol. The van der Waals surface area contributed by atoms with Crippen molar-refractivity contribution in [1.82, 2.24) is 9.55 Å². The molecule has 1 aromatic heterocycles. The number of hydrogen-bond donors (Lipinski definition) is 0. The van der Waals surface area contributed by atoms with Crippen molar-refractivity contribution in [2.24, 2.45) is 5.41 Å². The van der Waals surface area contributed by atoms with Crippen LogP contribution >= 0.6 is 27.5 Å². The summed E-state index contributed by atoms with van der Waals surface area (Å²) >= 11 is 9.92. The van der Waals surface area contributed by atoms with Gasteiger partial charge in [0.2, 0.25) is 0 Å². The van der Waals surface area contributed by atoms with Gasteiger partial charge in [0.25, 0.3) is 0 Å². The number of nitrogens with zero attached hydrogens (tertiary/aromatic N) is 2. The van der Waals surface area contributed by atoms with Crippen molar-refractivity contribution in [3.63, 3.8) is 0 Å². The number of benzene rings is 1. The number of imidazole rings is 1. The van der Waals surface area contributed by atoms with Crippen molar-refractivity contribution in [1.29, 1.82) is 0 Å². The van der Waals surface area contributed by atoms with E-state index in [0.29, 0.717) is 0 Å². The summed E-state index contributed by atoms with van der Waals surface area (Å²) in [6.45, 7) is 6.95. The van der Waals surface area contributed by atoms with Crippen molar-refractivity contribution >= 4 is 38.6 Å². The van der Waals surface area contributed by atoms with E-state index < -0.39 is 0 Å². The molecule has 1 fully saturated rings. The summed E-state index contributed by atoms with van der Waals surface area (Å²) in [5.74, 6) is 0.956. The highest BCUT2D eigenvalue weighted by Gasteiger charge is 2.30. The van der Waals surface area contributed by atoms with E-state index in [1.807, 2.05) is 19.1 Å². The summed E-state index contributed by atoms with van der Waals surface area (Å²) in [5.41, 5.74) is 2.41. The predicted molar refractivity (Wildman–Crippen MR) is 89.9 cm³/mol. The van der Waals surface area contributed by atoms with Crippen LogP contribution in [0.5, 0.6) is 0 Å². The molecule has 1 atom stereocenters. The minimum Gasteiger partial charge on any atom is -0.381 e. The molecule has 0 aliphatic carbocycles. The van der Waals surface area contributed by atoms with Gasteiger partial charge in [0.15, 0.2) is 0 Å². The molecule has 0 N–H and O–H groups in total. The number of ether oxygens (including phenoxy) is 1. The van der Waals surface area contributed by atoms with Gasteiger partial charge in [-0.05, 0) is 43.4 Å². The first-order chi connectivity index (χ1) is 9.98. The van der Waals surface area contributed by atoms with E-state index in [2.05, 4.69) is 33.5 Å². The van der Waals surface area contributed by atoms with Gasteiger partial charge in [0, 0.05) is 24.2 Å². The molecule has 1 unspecified atom stereocenters. The Hall–Kier alpha value is -0.580. The molecule has 1 saturated heterocycles. The summed E-state index contributed by atoms with van der Waals surface area (Å²) in [6.07, 6.45) is 2.16. The second-order valence-electron chi connectivity index (χ2n) is 6.23. The van der Waals surface area contributed by atoms with Crippen LogP contribution in [0, 0.1) is 5.41 Å². The van der Waals surface area contributed by atoms with Crippen LogP contribution in [0.4, 0.5) is 0 Å². The molecule has 3 nitrogen and oxygen atoms in total. The smallest absolute Gasteiger partial charge is 0.127 e. The van der Waals surface area contributed by atoms with E-state index in [1.165, 1.54) is 0 Å². The van der Waals surface area contributed by atoms with Crippen LogP contribution in [0.3, 0.4) is 0 Å². The highest BCUT2D eigenvalue weighted by atomic mass is 79.9. The molecule has 2 heterocycles. The Labute approximate surface area is 138 Å². The highest BCUT2D eigenvalue weighted by molar-refractivity contribution is 9.10. The molecule has 0 spiro atoms. The molecule has 114 valence electrons. The van der Waals surface area contributed by atoms with E-state index in [-0.39, 0.29) is 10.8 Å². The van der Waals surface area contributed by atoms with Gasteiger partial charge in [-0.1, -0.05) is 22.9 Å². The zero-order chi connectivity index (χ0) is 15.0. The molecule has 0 bridgehead atoms. The number of halogens is 2. The third-order valence-corrected chi connectivity index (χ3v) is 5.02. The normalized spacial score (nSPS) is 19.8. The second-order valence-corrected chi connectivity index (χ2v) is 7.80. The van der Waals surface area contributed by atoms with Crippen molar-refractivity contribution in [3.8, 4) is 0 Å². The first-order valence-corrected chi connectivity index (χ1v) is 8.59. The molecule has 1 aliphatic heterocycles. The third kappa shape index (κ3) is 3.13. The van der Waals surface area contributed by atoms with Gasteiger partial charge in [-0.15, -0.1) is 11.6 Å². The van der Waals surface area contributed by atoms with E-state index >= 15 is 0 Å². The predicted octanol–water partition coefficient (Wildman–Crippen LogP) is 4.92. The van der Waals surface area contributed by atoms with Crippen LogP contribution in [0.2, 0.25) is 0 Å².